The topological polar surface area (TPSA) is 75.3 Å². The number of hydrogen-bond donors (Lipinski definition) is 2. The monoisotopic (exact) mass is 346 g/mol. The Bertz CT molecular complexity index is 821. The molecular weight excluding hydrogens is 324 g/mol. The summed E-state index contributed by atoms with van der Waals surface area (Å²) >= 11 is 0. The number of rotatable bonds is 5. The Labute approximate surface area is 143 Å². The summed E-state index contributed by atoms with van der Waals surface area (Å²) in [6.45, 7) is 7.44. The Hall–Kier alpha value is -2.34. The van der Waals surface area contributed by atoms with Crippen LogP contribution in [0.5, 0.6) is 0 Å². The van der Waals surface area contributed by atoms with E-state index in [1.54, 1.807) is 0 Å². The van der Waals surface area contributed by atoms with Crippen molar-refractivity contribution in [3.05, 3.63) is 59.2 Å². The molecule has 5 nitrogen and oxygen atoms in total. The predicted molar refractivity (Wildman–Crippen MR) is 95.8 cm³/mol. The molecule has 2 N–H and O–H groups in total. The molecular formula is C18H22N2O3S. The smallest absolute Gasteiger partial charge is 0.261 e. The van der Waals surface area contributed by atoms with Gasteiger partial charge in [-0.3, -0.25) is 9.52 Å². The van der Waals surface area contributed by atoms with Gasteiger partial charge in [0.2, 0.25) is 0 Å². The largest absolute Gasteiger partial charge is 0.350 e. The van der Waals surface area contributed by atoms with Gasteiger partial charge in [0, 0.05) is 11.6 Å². The first-order valence-corrected chi connectivity index (χ1v) is 9.19. The van der Waals surface area contributed by atoms with Gasteiger partial charge in [0.1, 0.15) is 0 Å². The van der Waals surface area contributed by atoms with Crippen LogP contribution in [0.4, 0.5) is 5.69 Å². The molecule has 0 spiro atoms. The van der Waals surface area contributed by atoms with Gasteiger partial charge in [-0.1, -0.05) is 18.2 Å². The summed E-state index contributed by atoms with van der Waals surface area (Å²) in [7, 11) is -3.71. The van der Waals surface area contributed by atoms with Gasteiger partial charge in [-0.15, -0.1) is 0 Å². The molecule has 0 aliphatic heterocycles. The van der Waals surface area contributed by atoms with E-state index in [1.165, 1.54) is 24.3 Å². The molecule has 0 fully saturated rings. The Kier molecular flexibility index (Phi) is 5.29. The van der Waals surface area contributed by atoms with Gasteiger partial charge in [-0.25, -0.2) is 8.42 Å². The van der Waals surface area contributed by atoms with Crippen LogP contribution in [0.3, 0.4) is 0 Å². The maximum absolute atomic E-state index is 12.6. The van der Waals surface area contributed by atoms with E-state index in [1.807, 2.05) is 45.9 Å². The highest BCUT2D eigenvalue weighted by Gasteiger charge is 2.17. The third kappa shape index (κ3) is 4.14. The van der Waals surface area contributed by atoms with E-state index in [0.717, 1.165) is 11.1 Å². The number of hydrogen-bond acceptors (Lipinski definition) is 3. The van der Waals surface area contributed by atoms with Crippen molar-refractivity contribution in [2.45, 2.75) is 38.6 Å². The molecule has 2 aromatic rings. The summed E-state index contributed by atoms with van der Waals surface area (Å²) in [5, 5.41) is 2.77. The molecule has 0 aliphatic rings. The second-order valence-electron chi connectivity index (χ2n) is 6.02. The average molecular weight is 346 g/mol. The van der Waals surface area contributed by atoms with E-state index < -0.39 is 10.0 Å². The zero-order valence-corrected chi connectivity index (χ0v) is 15.1. The fraction of sp³-hybridized carbons (Fsp3) is 0.278. The number of aryl methyl sites for hydroxylation is 2. The quantitative estimate of drug-likeness (QED) is 0.873. The average Bonchev–Trinajstić information content (AvgIpc) is 2.50. The van der Waals surface area contributed by atoms with E-state index in [4.69, 9.17) is 0 Å². The van der Waals surface area contributed by atoms with Crippen LogP contribution in [0.2, 0.25) is 0 Å². The molecule has 0 radical (unpaired) electrons. The fourth-order valence-electron chi connectivity index (χ4n) is 2.30. The SMILES string of the molecule is Cc1cccc(C)c1NS(=O)(=O)c1ccc(C(=O)NC(C)C)cc1. The zero-order valence-electron chi connectivity index (χ0n) is 14.3. The first kappa shape index (κ1) is 18.0. The number of benzene rings is 2. The number of amides is 1. The third-order valence-corrected chi connectivity index (χ3v) is 4.93. The van der Waals surface area contributed by atoms with Crippen molar-refractivity contribution in [2.24, 2.45) is 0 Å². The summed E-state index contributed by atoms with van der Waals surface area (Å²) in [6.07, 6.45) is 0. The molecule has 0 aliphatic carbocycles. The van der Waals surface area contributed by atoms with E-state index in [0.29, 0.717) is 11.3 Å². The lowest BCUT2D eigenvalue weighted by atomic mass is 10.1. The summed E-state index contributed by atoms with van der Waals surface area (Å²) in [4.78, 5) is 12.0. The number of sulfonamides is 1. The van der Waals surface area contributed by atoms with Crippen molar-refractivity contribution in [1.29, 1.82) is 0 Å². The molecule has 0 unspecified atom stereocenters. The van der Waals surface area contributed by atoms with Gasteiger partial charge in [-0.2, -0.15) is 0 Å². The Morgan fingerprint density at radius 3 is 2.00 bits per heavy atom. The molecule has 0 aromatic heterocycles. The lowest BCUT2D eigenvalue weighted by Crippen LogP contribution is -2.30. The van der Waals surface area contributed by atoms with Gasteiger partial charge in [-0.05, 0) is 63.1 Å². The predicted octanol–water partition coefficient (Wildman–Crippen LogP) is 3.24. The summed E-state index contributed by atoms with van der Waals surface area (Å²) in [5.41, 5.74) is 2.71. The van der Waals surface area contributed by atoms with E-state index in [2.05, 4.69) is 10.0 Å². The van der Waals surface area contributed by atoms with E-state index >= 15 is 0 Å². The molecule has 6 heteroatoms. The van der Waals surface area contributed by atoms with Crippen molar-refractivity contribution < 1.29 is 13.2 Å². The molecule has 0 bridgehead atoms. The van der Waals surface area contributed by atoms with E-state index in [-0.39, 0.29) is 16.8 Å². The highest BCUT2D eigenvalue weighted by atomic mass is 32.2. The van der Waals surface area contributed by atoms with Gasteiger partial charge < -0.3 is 5.32 Å². The molecule has 2 rings (SSSR count). The minimum absolute atomic E-state index is 0.0200. The third-order valence-electron chi connectivity index (χ3n) is 3.56. The lowest BCUT2D eigenvalue weighted by Gasteiger charge is -2.13. The van der Waals surface area contributed by atoms with Crippen LogP contribution >= 0.6 is 0 Å². The maximum atomic E-state index is 12.6. The molecule has 0 heterocycles. The highest BCUT2D eigenvalue weighted by molar-refractivity contribution is 7.92. The summed E-state index contributed by atoms with van der Waals surface area (Å²) < 4.78 is 27.7. The van der Waals surface area contributed by atoms with Crippen LogP contribution in [0.1, 0.15) is 35.3 Å². The van der Waals surface area contributed by atoms with Crippen molar-refractivity contribution in [3.8, 4) is 0 Å². The van der Waals surface area contributed by atoms with Crippen LogP contribution in [0.25, 0.3) is 0 Å². The van der Waals surface area contributed by atoms with Crippen molar-refractivity contribution >= 4 is 21.6 Å². The highest BCUT2D eigenvalue weighted by Crippen LogP contribution is 2.23. The lowest BCUT2D eigenvalue weighted by molar-refractivity contribution is 0.0943. The van der Waals surface area contributed by atoms with Gasteiger partial charge in [0.15, 0.2) is 0 Å². The number of carbonyl (C=O) groups excluding carboxylic acids is 1. The number of carbonyl (C=O) groups is 1. The van der Waals surface area contributed by atoms with Crippen LogP contribution in [-0.2, 0) is 10.0 Å². The minimum Gasteiger partial charge on any atom is -0.350 e. The van der Waals surface area contributed by atoms with Crippen LogP contribution in [-0.4, -0.2) is 20.4 Å². The van der Waals surface area contributed by atoms with Crippen LogP contribution in [0.15, 0.2) is 47.4 Å². The normalized spacial score (nSPS) is 11.4. The maximum Gasteiger partial charge on any atom is 0.261 e. The standard InChI is InChI=1S/C18H22N2O3S/c1-12(2)19-18(21)15-8-10-16(11-9-15)24(22,23)20-17-13(3)6-5-7-14(17)4/h5-12,20H,1-4H3,(H,19,21). The minimum atomic E-state index is -3.71. The van der Waals surface area contributed by atoms with Crippen molar-refractivity contribution in [3.63, 3.8) is 0 Å². The molecule has 0 atom stereocenters. The van der Waals surface area contributed by atoms with Gasteiger partial charge in [0.05, 0.1) is 10.6 Å². The Morgan fingerprint density at radius 2 is 1.50 bits per heavy atom. The van der Waals surface area contributed by atoms with Crippen molar-refractivity contribution in [1.82, 2.24) is 5.32 Å². The molecule has 2 aromatic carbocycles. The Morgan fingerprint density at radius 1 is 0.958 bits per heavy atom. The number of anilines is 1. The molecule has 128 valence electrons. The fourth-order valence-corrected chi connectivity index (χ4v) is 3.50. The first-order valence-electron chi connectivity index (χ1n) is 7.70. The molecule has 0 saturated heterocycles. The molecule has 0 saturated carbocycles. The van der Waals surface area contributed by atoms with Crippen molar-refractivity contribution in [2.75, 3.05) is 4.72 Å². The Balaban J connectivity index is 2.26. The van der Waals surface area contributed by atoms with Gasteiger partial charge >= 0.3 is 0 Å². The number of para-hydroxylation sites is 1. The number of nitrogens with one attached hydrogen (secondary N) is 2. The summed E-state index contributed by atoms with van der Waals surface area (Å²) in [5.74, 6) is -0.225. The second kappa shape index (κ2) is 7.05. The first-order chi connectivity index (χ1) is 11.2. The van der Waals surface area contributed by atoms with Gasteiger partial charge in [0.25, 0.3) is 15.9 Å². The molecule has 1 amide bonds. The molecule has 24 heavy (non-hydrogen) atoms. The van der Waals surface area contributed by atoms with Crippen LogP contribution < -0.4 is 10.0 Å². The van der Waals surface area contributed by atoms with Crippen LogP contribution in [0, 0.1) is 13.8 Å². The summed E-state index contributed by atoms with van der Waals surface area (Å²) in [6, 6.07) is 11.5. The second-order valence-corrected chi connectivity index (χ2v) is 7.71. The zero-order chi connectivity index (χ0) is 17.9. The van der Waals surface area contributed by atoms with E-state index in [9.17, 15) is 13.2 Å².